The summed E-state index contributed by atoms with van der Waals surface area (Å²) in [7, 11) is 0. The van der Waals surface area contributed by atoms with E-state index in [1.54, 1.807) is 0 Å². The molecule has 114 valence electrons. The van der Waals surface area contributed by atoms with Crippen LogP contribution in [0.5, 0.6) is 0 Å². The fraction of sp³-hybridized carbons (Fsp3) is 0.933. The summed E-state index contributed by atoms with van der Waals surface area (Å²) in [6, 6.07) is 1.16. The lowest BCUT2D eigenvalue weighted by Gasteiger charge is -2.43. The van der Waals surface area contributed by atoms with Crippen LogP contribution in [0.1, 0.15) is 32.1 Å². The van der Waals surface area contributed by atoms with Crippen molar-refractivity contribution in [2.75, 3.05) is 45.8 Å². The molecule has 0 aromatic heterocycles. The molecule has 1 amide bonds. The number of piperazine rings is 1. The Labute approximate surface area is 122 Å². The molecule has 5 nitrogen and oxygen atoms in total. The second kappa shape index (κ2) is 6.41. The van der Waals surface area contributed by atoms with Crippen LogP contribution in [0.3, 0.4) is 0 Å². The Kier molecular flexibility index (Phi) is 4.58. The van der Waals surface area contributed by atoms with E-state index in [-0.39, 0.29) is 0 Å². The molecule has 2 heterocycles. The summed E-state index contributed by atoms with van der Waals surface area (Å²) in [5.41, 5.74) is 5.91. The highest BCUT2D eigenvalue weighted by atomic mass is 16.2. The number of carbonyl (C=O) groups is 1. The van der Waals surface area contributed by atoms with Crippen LogP contribution >= 0.6 is 0 Å². The van der Waals surface area contributed by atoms with Gasteiger partial charge in [0.15, 0.2) is 0 Å². The maximum Gasteiger partial charge on any atom is 0.236 e. The lowest BCUT2D eigenvalue weighted by atomic mass is 9.91. The van der Waals surface area contributed by atoms with Gasteiger partial charge in [-0.25, -0.2) is 0 Å². The monoisotopic (exact) mass is 280 g/mol. The van der Waals surface area contributed by atoms with Crippen molar-refractivity contribution in [2.24, 2.45) is 5.73 Å². The van der Waals surface area contributed by atoms with Crippen molar-refractivity contribution in [3.8, 4) is 0 Å². The number of piperidine rings is 1. The van der Waals surface area contributed by atoms with Crippen molar-refractivity contribution in [1.29, 1.82) is 0 Å². The van der Waals surface area contributed by atoms with Crippen LogP contribution < -0.4 is 5.73 Å². The summed E-state index contributed by atoms with van der Waals surface area (Å²) in [5, 5.41) is 0. The lowest BCUT2D eigenvalue weighted by Crippen LogP contribution is -2.55. The molecule has 2 aliphatic heterocycles. The molecule has 0 radical (unpaired) electrons. The minimum atomic E-state index is 0.314. The standard InChI is InChI=1S/C15H28N4O/c16-13-4-6-17(7-5-13)12-15(20)19-10-8-18(9-11-19)14-2-1-3-14/h13-14H,1-12,16H2. The number of hydrogen-bond acceptors (Lipinski definition) is 4. The summed E-state index contributed by atoms with van der Waals surface area (Å²) < 4.78 is 0. The molecule has 0 aromatic rings. The van der Waals surface area contributed by atoms with Crippen molar-refractivity contribution in [2.45, 2.75) is 44.2 Å². The van der Waals surface area contributed by atoms with Gasteiger partial charge < -0.3 is 10.6 Å². The van der Waals surface area contributed by atoms with Crippen molar-refractivity contribution in [3.63, 3.8) is 0 Å². The molecule has 0 aromatic carbocycles. The zero-order valence-electron chi connectivity index (χ0n) is 12.5. The molecule has 0 bridgehead atoms. The molecule has 20 heavy (non-hydrogen) atoms. The molecule has 3 fully saturated rings. The fourth-order valence-electron chi connectivity index (χ4n) is 3.49. The van der Waals surface area contributed by atoms with Gasteiger partial charge in [-0.2, -0.15) is 0 Å². The highest BCUT2D eigenvalue weighted by Crippen LogP contribution is 2.25. The summed E-state index contributed by atoms with van der Waals surface area (Å²) in [4.78, 5) is 19.2. The summed E-state index contributed by atoms with van der Waals surface area (Å²) in [6.45, 7) is 6.54. The summed E-state index contributed by atoms with van der Waals surface area (Å²) in [6.07, 6.45) is 6.18. The third-order valence-electron chi connectivity index (χ3n) is 5.25. The van der Waals surface area contributed by atoms with E-state index in [2.05, 4.69) is 14.7 Å². The Hall–Kier alpha value is -0.650. The van der Waals surface area contributed by atoms with Crippen LogP contribution in [-0.2, 0) is 4.79 Å². The lowest BCUT2D eigenvalue weighted by molar-refractivity contribution is -0.135. The molecule has 1 aliphatic carbocycles. The van der Waals surface area contributed by atoms with Gasteiger partial charge in [-0.05, 0) is 25.7 Å². The Morgan fingerprint density at radius 3 is 2.15 bits per heavy atom. The van der Waals surface area contributed by atoms with Crippen LogP contribution in [-0.4, -0.2) is 78.5 Å². The molecule has 2 saturated heterocycles. The van der Waals surface area contributed by atoms with Crippen LogP contribution in [0.15, 0.2) is 0 Å². The molecule has 1 saturated carbocycles. The zero-order valence-corrected chi connectivity index (χ0v) is 12.5. The average Bonchev–Trinajstić information content (AvgIpc) is 2.40. The fourth-order valence-corrected chi connectivity index (χ4v) is 3.49. The SMILES string of the molecule is NC1CCN(CC(=O)N2CCN(C3CCC3)CC2)CC1. The first kappa shape index (κ1) is 14.3. The van der Waals surface area contributed by atoms with Gasteiger partial charge in [-0.3, -0.25) is 14.6 Å². The van der Waals surface area contributed by atoms with Crippen molar-refractivity contribution in [1.82, 2.24) is 14.7 Å². The minimum absolute atomic E-state index is 0.314. The van der Waals surface area contributed by atoms with Crippen LogP contribution in [0.2, 0.25) is 0 Å². The van der Waals surface area contributed by atoms with Gasteiger partial charge in [0, 0.05) is 51.4 Å². The molecule has 0 atom stereocenters. The zero-order chi connectivity index (χ0) is 13.9. The second-order valence-electron chi connectivity index (χ2n) is 6.62. The quantitative estimate of drug-likeness (QED) is 0.797. The first-order chi connectivity index (χ1) is 9.72. The van der Waals surface area contributed by atoms with E-state index < -0.39 is 0 Å². The number of rotatable bonds is 3. The first-order valence-corrected chi connectivity index (χ1v) is 8.22. The van der Waals surface area contributed by atoms with E-state index in [4.69, 9.17) is 5.73 Å². The minimum Gasteiger partial charge on any atom is -0.339 e. The summed E-state index contributed by atoms with van der Waals surface area (Å²) in [5.74, 6) is 0.314. The van der Waals surface area contributed by atoms with Gasteiger partial charge in [0.05, 0.1) is 6.54 Å². The molecule has 0 unspecified atom stereocenters. The van der Waals surface area contributed by atoms with Gasteiger partial charge in [0.25, 0.3) is 0 Å². The van der Waals surface area contributed by atoms with E-state index >= 15 is 0 Å². The molecule has 0 spiro atoms. The van der Waals surface area contributed by atoms with Gasteiger partial charge in [0.2, 0.25) is 5.91 Å². The molecule has 5 heteroatoms. The van der Waals surface area contributed by atoms with Crippen molar-refractivity contribution < 1.29 is 4.79 Å². The number of nitrogens with two attached hydrogens (primary N) is 1. The first-order valence-electron chi connectivity index (χ1n) is 8.22. The Morgan fingerprint density at radius 2 is 1.60 bits per heavy atom. The predicted molar refractivity (Wildman–Crippen MR) is 79.4 cm³/mol. The van der Waals surface area contributed by atoms with Crippen molar-refractivity contribution in [3.05, 3.63) is 0 Å². The molecular weight excluding hydrogens is 252 g/mol. The Balaban J connectivity index is 1.40. The van der Waals surface area contributed by atoms with Gasteiger partial charge >= 0.3 is 0 Å². The molecule has 2 N–H and O–H groups in total. The van der Waals surface area contributed by atoms with Gasteiger partial charge in [-0.1, -0.05) is 6.42 Å². The maximum absolute atomic E-state index is 12.3. The van der Waals surface area contributed by atoms with Gasteiger partial charge in [0.1, 0.15) is 0 Å². The average molecular weight is 280 g/mol. The smallest absolute Gasteiger partial charge is 0.236 e. The van der Waals surface area contributed by atoms with E-state index in [0.29, 0.717) is 18.5 Å². The third-order valence-corrected chi connectivity index (χ3v) is 5.25. The number of hydrogen-bond donors (Lipinski definition) is 1. The highest BCUT2D eigenvalue weighted by molar-refractivity contribution is 5.78. The Bertz CT molecular complexity index is 329. The van der Waals surface area contributed by atoms with Gasteiger partial charge in [-0.15, -0.1) is 0 Å². The normalized spacial score (nSPS) is 27.6. The van der Waals surface area contributed by atoms with E-state index in [1.165, 1.54) is 19.3 Å². The predicted octanol–water partition coefficient (Wildman–Crippen LogP) is 0.106. The maximum atomic E-state index is 12.3. The van der Waals surface area contributed by atoms with E-state index in [9.17, 15) is 4.79 Å². The Morgan fingerprint density at radius 1 is 0.950 bits per heavy atom. The largest absolute Gasteiger partial charge is 0.339 e. The number of likely N-dealkylation sites (tertiary alicyclic amines) is 1. The van der Waals surface area contributed by atoms with Crippen molar-refractivity contribution >= 4 is 5.91 Å². The number of amides is 1. The third kappa shape index (κ3) is 3.32. The number of carbonyl (C=O) groups excluding carboxylic acids is 1. The summed E-state index contributed by atoms with van der Waals surface area (Å²) >= 11 is 0. The molecule has 3 aliphatic rings. The molecular formula is C15H28N4O. The van der Waals surface area contributed by atoms with Crippen LogP contribution in [0.4, 0.5) is 0 Å². The molecule has 3 rings (SSSR count). The second-order valence-corrected chi connectivity index (χ2v) is 6.62. The number of nitrogens with zero attached hydrogens (tertiary/aromatic N) is 3. The highest BCUT2D eigenvalue weighted by Gasteiger charge is 2.30. The van der Waals surface area contributed by atoms with E-state index in [1.807, 2.05) is 0 Å². The topological polar surface area (TPSA) is 52.8 Å². The van der Waals surface area contributed by atoms with Crippen LogP contribution in [0, 0.1) is 0 Å². The van der Waals surface area contributed by atoms with E-state index in [0.717, 1.165) is 58.2 Å². The van der Waals surface area contributed by atoms with Crippen LogP contribution in [0.25, 0.3) is 0 Å².